The molecule has 2 aromatic rings. The quantitative estimate of drug-likeness (QED) is 0.339. The van der Waals surface area contributed by atoms with Crippen molar-refractivity contribution in [3.05, 3.63) is 66.2 Å². The first-order chi connectivity index (χ1) is 18.0. The number of likely N-dealkylation sites (tertiary alicyclic amines) is 1. The highest BCUT2D eigenvalue weighted by molar-refractivity contribution is 8.23. The normalized spacial score (nSPS) is 16.8. The Morgan fingerprint density at radius 1 is 1.08 bits per heavy atom. The summed E-state index contributed by atoms with van der Waals surface area (Å²) in [6, 6.07) is 17.7. The maximum Gasteiger partial charge on any atom is 0.329 e. The van der Waals surface area contributed by atoms with Crippen molar-refractivity contribution >= 4 is 51.8 Å². The molecule has 9 heteroatoms. The zero-order chi connectivity index (χ0) is 27.7. The molecule has 0 aromatic heterocycles. The molecular weight excluding hydrogens is 518 g/mol. The Hall–Kier alpha value is -2.91. The number of anilines is 1. The van der Waals surface area contributed by atoms with Crippen molar-refractivity contribution in [1.82, 2.24) is 10.2 Å². The molecule has 2 aromatic carbocycles. The Labute approximate surface area is 235 Å². The van der Waals surface area contributed by atoms with Gasteiger partial charge < -0.3 is 20.3 Å². The molecule has 0 saturated carbocycles. The van der Waals surface area contributed by atoms with Crippen LogP contribution < -0.4 is 10.6 Å². The van der Waals surface area contributed by atoms with Crippen LogP contribution in [-0.4, -0.2) is 57.0 Å². The van der Waals surface area contributed by atoms with E-state index in [1.54, 1.807) is 25.7 Å². The molecular formula is C29H37N3O4S2. The van der Waals surface area contributed by atoms with Crippen molar-refractivity contribution in [2.75, 3.05) is 17.6 Å². The zero-order valence-electron chi connectivity index (χ0n) is 22.4. The molecule has 0 spiro atoms. The highest BCUT2D eigenvalue weighted by atomic mass is 32.2. The molecule has 3 rings (SSSR count). The van der Waals surface area contributed by atoms with Gasteiger partial charge in [0.15, 0.2) is 0 Å². The second-order valence-electron chi connectivity index (χ2n) is 10.5. The molecule has 1 heterocycles. The minimum Gasteiger partial charge on any atom is -0.458 e. The number of benzene rings is 2. The van der Waals surface area contributed by atoms with Crippen LogP contribution in [0.5, 0.6) is 0 Å². The van der Waals surface area contributed by atoms with E-state index in [1.165, 1.54) is 11.8 Å². The molecule has 2 amide bonds. The highest BCUT2D eigenvalue weighted by Crippen LogP contribution is 2.23. The van der Waals surface area contributed by atoms with Crippen LogP contribution in [0.2, 0.25) is 0 Å². The van der Waals surface area contributed by atoms with E-state index in [4.69, 9.17) is 17.0 Å². The minimum absolute atomic E-state index is 0.0884. The molecule has 1 fully saturated rings. The third-order valence-electron chi connectivity index (χ3n) is 6.04. The molecule has 2 N–H and O–H groups in total. The van der Waals surface area contributed by atoms with Gasteiger partial charge in [-0.15, -0.1) is 0 Å². The lowest BCUT2D eigenvalue weighted by Crippen LogP contribution is -2.53. The Morgan fingerprint density at radius 2 is 1.71 bits per heavy atom. The van der Waals surface area contributed by atoms with E-state index < -0.39 is 23.7 Å². The van der Waals surface area contributed by atoms with Crippen molar-refractivity contribution in [1.29, 1.82) is 0 Å². The molecule has 1 aliphatic rings. The van der Waals surface area contributed by atoms with Crippen LogP contribution in [0.4, 0.5) is 5.69 Å². The van der Waals surface area contributed by atoms with Gasteiger partial charge in [-0.25, -0.2) is 4.79 Å². The molecule has 3 atom stereocenters. The molecule has 1 saturated heterocycles. The lowest BCUT2D eigenvalue weighted by molar-refractivity contribution is -0.159. The second-order valence-corrected chi connectivity index (χ2v) is 12.2. The number of thiocarbonyl (C=S) groups is 1. The smallest absolute Gasteiger partial charge is 0.329 e. The Kier molecular flexibility index (Phi) is 10.7. The number of nitrogens with one attached hydrogen (secondary N) is 2. The Bertz CT molecular complexity index is 1110. The standard InChI is InChI=1S/C29H37N3O4S2/c1-20(19-38-28(37)30-22-14-9-6-10-15-22)26(34)32-17-11-16-24(32)25(33)31-23(27(35)36-29(2,3)4)18-21-12-7-5-8-13-21/h5-10,12-15,20,23-24H,11,16-19H2,1-4H3,(H,30,37)(H,31,33)/t20?,23-,24-/m0/s1. The Morgan fingerprint density at radius 3 is 2.34 bits per heavy atom. The van der Waals surface area contributed by atoms with Gasteiger partial charge in [-0.3, -0.25) is 9.59 Å². The lowest BCUT2D eigenvalue weighted by atomic mass is 10.0. The minimum atomic E-state index is -0.851. The SMILES string of the molecule is CC(CSC(=S)Nc1ccccc1)C(=O)N1CCC[C@H]1C(=O)N[C@@H](Cc1ccccc1)C(=O)OC(C)(C)C. The number of rotatable bonds is 9. The lowest BCUT2D eigenvalue weighted by Gasteiger charge is -2.29. The average molecular weight is 556 g/mol. The fraction of sp³-hybridized carbons (Fsp3) is 0.448. The number of carbonyl (C=O) groups excluding carboxylic acids is 3. The average Bonchev–Trinajstić information content (AvgIpc) is 3.37. The van der Waals surface area contributed by atoms with Gasteiger partial charge in [-0.2, -0.15) is 0 Å². The summed E-state index contributed by atoms with van der Waals surface area (Å²) in [7, 11) is 0. The van der Waals surface area contributed by atoms with Crippen LogP contribution in [0.25, 0.3) is 0 Å². The van der Waals surface area contributed by atoms with Gasteiger partial charge >= 0.3 is 5.97 Å². The van der Waals surface area contributed by atoms with Crippen molar-refractivity contribution in [3.63, 3.8) is 0 Å². The number of thioether (sulfide) groups is 1. The van der Waals surface area contributed by atoms with E-state index in [0.717, 1.165) is 17.7 Å². The van der Waals surface area contributed by atoms with E-state index in [0.29, 0.717) is 29.5 Å². The van der Waals surface area contributed by atoms with E-state index in [9.17, 15) is 14.4 Å². The van der Waals surface area contributed by atoms with Gasteiger partial charge in [0.2, 0.25) is 11.8 Å². The molecule has 1 unspecified atom stereocenters. The van der Waals surface area contributed by atoms with Crippen molar-refractivity contribution in [2.24, 2.45) is 5.92 Å². The van der Waals surface area contributed by atoms with Crippen molar-refractivity contribution in [3.8, 4) is 0 Å². The first kappa shape index (κ1) is 29.6. The molecule has 204 valence electrons. The van der Waals surface area contributed by atoms with Crippen LogP contribution in [0, 0.1) is 5.92 Å². The number of hydrogen-bond donors (Lipinski definition) is 2. The van der Waals surface area contributed by atoms with Gasteiger partial charge in [0.05, 0.1) is 0 Å². The number of hydrogen-bond acceptors (Lipinski definition) is 6. The second kappa shape index (κ2) is 13.8. The van der Waals surface area contributed by atoms with E-state index in [1.807, 2.05) is 67.6 Å². The van der Waals surface area contributed by atoms with E-state index in [-0.39, 0.29) is 17.7 Å². The first-order valence-corrected chi connectivity index (χ1v) is 14.3. The maximum atomic E-state index is 13.4. The number of ether oxygens (including phenoxy) is 1. The third kappa shape index (κ3) is 9.13. The van der Waals surface area contributed by atoms with E-state index in [2.05, 4.69) is 10.6 Å². The van der Waals surface area contributed by atoms with Crippen LogP contribution >= 0.6 is 24.0 Å². The molecule has 38 heavy (non-hydrogen) atoms. The molecule has 7 nitrogen and oxygen atoms in total. The fourth-order valence-corrected chi connectivity index (χ4v) is 5.27. The van der Waals surface area contributed by atoms with Crippen molar-refractivity contribution in [2.45, 2.75) is 64.6 Å². The zero-order valence-corrected chi connectivity index (χ0v) is 24.1. The van der Waals surface area contributed by atoms with E-state index >= 15 is 0 Å². The summed E-state index contributed by atoms with van der Waals surface area (Å²) in [4.78, 5) is 41.3. The summed E-state index contributed by atoms with van der Waals surface area (Å²) in [5.41, 5.74) is 1.12. The monoisotopic (exact) mass is 555 g/mol. The van der Waals surface area contributed by atoms with Gasteiger partial charge in [0.1, 0.15) is 22.0 Å². The number of esters is 1. The number of nitrogens with zero attached hydrogens (tertiary/aromatic N) is 1. The maximum absolute atomic E-state index is 13.4. The van der Waals surface area contributed by atoms with Gasteiger partial charge in [0, 0.05) is 30.3 Å². The summed E-state index contributed by atoms with van der Waals surface area (Å²) in [6.07, 6.45) is 1.59. The highest BCUT2D eigenvalue weighted by Gasteiger charge is 2.38. The van der Waals surface area contributed by atoms with Gasteiger partial charge in [0.25, 0.3) is 0 Å². The predicted octanol–water partition coefficient (Wildman–Crippen LogP) is 4.81. The summed E-state index contributed by atoms with van der Waals surface area (Å²) in [5, 5.41) is 6.05. The first-order valence-electron chi connectivity index (χ1n) is 12.9. The van der Waals surface area contributed by atoms with Gasteiger partial charge in [-0.05, 0) is 51.3 Å². The van der Waals surface area contributed by atoms with Crippen molar-refractivity contribution < 1.29 is 19.1 Å². The molecule has 0 radical (unpaired) electrons. The van der Waals surface area contributed by atoms with Crippen LogP contribution in [-0.2, 0) is 25.5 Å². The van der Waals surface area contributed by atoms with Crippen LogP contribution in [0.15, 0.2) is 60.7 Å². The van der Waals surface area contributed by atoms with Crippen LogP contribution in [0.1, 0.15) is 46.1 Å². The number of amides is 2. The largest absolute Gasteiger partial charge is 0.458 e. The van der Waals surface area contributed by atoms with Gasteiger partial charge in [-0.1, -0.05) is 79.4 Å². The summed E-state index contributed by atoms with van der Waals surface area (Å²) < 4.78 is 6.18. The number of para-hydroxylation sites is 1. The predicted molar refractivity (Wildman–Crippen MR) is 157 cm³/mol. The topological polar surface area (TPSA) is 87.7 Å². The molecule has 1 aliphatic heterocycles. The fourth-order valence-electron chi connectivity index (χ4n) is 4.22. The summed E-state index contributed by atoms with van der Waals surface area (Å²) in [6.45, 7) is 7.75. The van der Waals surface area contributed by atoms with Crippen LogP contribution in [0.3, 0.4) is 0 Å². The summed E-state index contributed by atoms with van der Waals surface area (Å²) in [5.74, 6) is -0.736. The molecule has 0 aliphatic carbocycles. The third-order valence-corrected chi connectivity index (χ3v) is 7.52. The Balaban J connectivity index is 1.60. The molecule has 0 bridgehead atoms. The summed E-state index contributed by atoms with van der Waals surface area (Å²) >= 11 is 6.83. The number of carbonyl (C=O) groups is 3.